The molecule has 0 rings (SSSR count). The summed E-state index contributed by atoms with van der Waals surface area (Å²) in [5.74, 6) is -0.974. The SMILES string of the molecule is CCCCCCCCC/C=C/C(O)C(CS(=O)(=O)O)NC(=O)CCCCCCCCCCCCCCCC. The average molecular weight is 560 g/mol. The third kappa shape index (κ3) is 26.7. The smallest absolute Gasteiger partial charge is 0.267 e. The molecule has 0 spiro atoms. The van der Waals surface area contributed by atoms with Crippen LogP contribution in [0.2, 0.25) is 0 Å². The van der Waals surface area contributed by atoms with Crippen LogP contribution in [0.4, 0.5) is 0 Å². The van der Waals surface area contributed by atoms with E-state index in [1.807, 2.05) is 6.08 Å². The van der Waals surface area contributed by atoms with Gasteiger partial charge in [0.05, 0.1) is 17.9 Å². The van der Waals surface area contributed by atoms with Crippen molar-refractivity contribution in [1.29, 1.82) is 0 Å². The zero-order valence-electron chi connectivity index (χ0n) is 24.8. The van der Waals surface area contributed by atoms with Gasteiger partial charge in [0.2, 0.25) is 5.91 Å². The fourth-order valence-corrected chi connectivity index (χ4v) is 5.53. The Bertz CT molecular complexity index is 665. The van der Waals surface area contributed by atoms with Crippen LogP contribution in [0.5, 0.6) is 0 Å². The summed E-state index contributed by atoms with van der Waals surface area (Å²) >= 11 is 0. The molecule has 0 bridgehead atoms. The summed E-state index contributed by atoms with van der Waals surface area (Å²) < 4.78 is 32.1. The molecule has 0 aromatic carbocycles. The second-order valence-corrected chi connectivity index (χ2v) is 12.6. The van der Waals surface area contributed by atoms with E-state index < -0.39 is 28.0 Å². The van der Waals surface area contributed by atoms with Crippen LogP contribution in [0, 0.1) is 0 Å². The maximum Gasteiger partial charge on any atom is 0.267 e. The number of carbonyl (C=O) groups is 1. The third-order valence-corrected chi connectivity index (χ3v) is 7.99. The van der Waals surface area contributed by atoms with Crippen molar-refractivity contribution >= 4 is 16.0 Å². The molecule has 0 aliphatic heterocycles. The highest BCUT2D eigenvalue weighted by molar-refractivity contribution is 7.85. The van der Waals surface area contributed by atoms with Crippen molar-refractivity contribution in [3.8, 4) is 0 Å². The van der Waals surface area contributed by atoms with Crippen LogP contribution >= 0.6 is 0 Å². The molecule has 0 aromatic heterocycles. The lowest BCUT2D eigenvalue weighted by Crippen LogP contribution is -2.46. The molecule has 7 heteroatoms. The molecule has 6 nitrogen and oxygen atoms in total. The third-order valence-electron chi connectivity index (χ3n) is 7.21. The number of aliphatic hydroxyl groups excluding tert-OH is 1. The summed E-state index contributed by atoms with van der Waals surface area (Å²) in [5, 5.41) is 13.1. The number of hydrogen-bond acceptors (Lipinski definition) is 4. The van der Waals surface area contributed by atoms with Gasteiger partial charge in [-0.3, -0.25) is 9.35 Å². The quantitative estimate of drug-likeness (QED) is 0.0508. The van der Waals surface area contributed by atoms with Gasteiger partial charge in [-0.15, -0.1) is 0 Å². The lowest BCUT2D eigenvalue weighted by Gasteiger charge is -2.21. The monoisotopic (exact) mass is 559 g/mol. The van der Waals surface area contributed by atoms with E-state index in [4.69, 9.17) is 0 Å². The molecule has 226 valence electrons. The van der Waals surface area contributed by atoms with Crippen LogP contribution in [0.25, 0.3) is 0 Å². The van der Waals surface area contributed by atoms with E-state index in [0.29, 0.717) is 6.42 Å². The van der Waals surface area contributed by atoms with Crippen LogP contribution in [-0.4, -0.2) is 41.9 Å². The molecule has 0 aliphatic rings. The summed E-state index contributed by atoms with van der Waals surface area (Å²) in [4.78, 5) is 12.4. The van der Waals surface area contributed by atoms with Gasteiger partial charge in [0, 0.05) is 6.42 Å². The lowest BCUT2D eigenvalue weighted by atomic mass is 10.0. The fourth-order valence-electron chi connectivity index (χ4n) is 4.80. The molecular formula is C31H61NO5S. The summed E-state index contributed by atoms with van der Waals surface area (Å²) in [6.45, 7) is 4.45. The largest absolute Gasteiger partial charge is 0.387 e. The van der Waals surface area contributed by atoms with Crippen molar-refractivity contribution in [2.75, 3.05) is 5.75 Å². The van der Waals surface area contributed by atoms with E-state index in [2.05, 4.69) is 19.2 Å². The van der Waals surface area contributed by atoms with Gasteiger partial charge in [0.1, 0.15) is 0 Å². The van der Waals surface area contributed by atoms with Crippen molar-refractivity contribution in [2.24, 2.45) is 0 Å². The minimum absolute atomic E-state index is 0.280. The van der Waals surface area contributed by atoms with Crippen LogP contribution < -0.4 is 5.32 Å². The molecule has 0 aromatic rings. The molecule has 3 N–H and O–H groups in total. The van der Waals surface area contributed by atoms with Crippen LogP contribution in [0.15, 0.2) is 12.2 Å². The number of rotatable bonds is 28. The molecule has 0 radical (unpaired) electrons. The first-order valence-electron chi connectivity index (χ1n) is 15.9. The number of aliphatic hydroxyl groups is 1. The normalized spacial score (nSPS) is 13.7. The Hall–Kier alpha value is -0.920. The number of allylic oxidation sites excluding steroid dienone is 1. The van der Waals surface area contributed by atoms with Gasteiger partial charge < -0.3 is 10.4 Å². The van der Waals surface area contributed by atoms with E-state index in [0.717, 1.165) is 38.5 Å². The van der Waals surface area contributed by atoms with Gasteiger partial charge in [-0.2, -0.15) is 8.42 Å². The molecule has 2 atom stereocenters. The van der Waals surface area contributed by atoms with Crippen LogP contribution in [0.3, 0.4) is 0 Å². The molecule has 38 heavy (non-hydrogen) atoms. The number of unbranched alkanes of at least 4 members (excludes halogenated alkanes) is 20. The molecule has 0 fully saturated rings. The summed E-state index contributed by atoms with van der Waals surface area (Å²) in [6, 6.07) is -1.05. The summed E-state index contributed by atoms with van der Waals surface area (Å²) in [5.41, 5.74) is 0. The lowest BCUT2D eigenvalue weighted by molar-refractivity contribution is -0.122. The zero-order chi connectivity index (χ0) is 28.3. The Labute approximate surface area is 235 Å². The van der Waals surface area contributed by atoms with E-state index in [1.54, 1.807) is 6.08 Å². The molecule has 0 saturated heterocycles. The predicted octanol–water partition coefficient (Wildman–Crippen LogP) is 8.29. The van der Waals surface area contributed by atoms with Crippen molar-refractivity contribution in [3.63, 3.8) is 0 Å². The van der Waals surface area contributed by atoms with Crippen molar-refractivity contribution in [2.45, 2.75) is 174 Å². The van der Waals surface area contributed by atoms with Gasteiger partial charge in [-0.05, 0) is 19.3 Å². The van der Waals surface area contributed by atoms with E-state index in [-0.39, 0.29) is 5.91 Å². The van der Waals surface area contributed by atoms with Gasteiger partial charge in [-0.25, -0.2) is 0 Å². The first kappa shape index (κ1) is 37.1. The Balaban J connectivity index is 4.01. The van der Waals surface area contributed by atoms with E-state index >= 15 is 0 Å². The Kier molecular flexibility index (Phi) is 25.7. The van der Waals surface area contributed by atoms with Crippen molar-refractivity contribution < 1.29 is 22.9 Å². The highest BCUT2D eigenvalue weighted by Gasteiger charge is 2.24. The molecule has 0 heterocycles. The molecule has 2 unspecified atom stereocenters. The van der Waals surface area contributed by atoms with Crippen molar-refractivity contribution in [3.05, 3.63) is 12.2 Å². The fraction of sp³-hybridized carbons (Fsp3) is 0.903. The zero-order valence-corrected chi connectivity index (χ0v) is 25.6. The molecule has 0 saturated carbocycles. The van der Waals surface area contributed by atoms with Gasteiger partial charge in [-0.1, -0.05) is 148 Å². The molecule has 1 amide bonds. The Morgan fingerprint density at radius 3 is 1.50 bits per heavy atom. The highest BCUT2D eigenvalue weighted by atomic mass is 32.2. The van der Waals surface area contributed by atoms with Crippen molar-refractivity contribution in [1.82, 2.24) is 5.32 Å². The first-order valence-corrected chi connectivity index (χ1v) is 17.5. The first-order chi connectivity index (χ1) is 18.3. The maximum absolute atomic E-state index is 12.4. The number of hydrogen-bond donors (Lipinski definition) is 3. The number of carbonyl (C=O) groups excluding carboxylic acids is 1. The van der Waals surface area contributed by atoms with Crippen LogP contribution in [0.1, 0.15) is 162 Å². The average Bonchev–Trinajstić information content (AvgIpc) is 2.86. The topological polar surface area (TPSA) is 104 Å². The van der Waals surface area contributed by atoms with E-state index in [9.17, 15) is 22.9 Å². The van der Waals surface area contributed by atoms with Crippen LogP contribution in [-0.2, 0) is 14.9 Å². The molecule has 0 aliphatic carbocycles. The standard InChI is InChI=1S/C31H61NO5S/c1-3-5-7-9-11-13-14-15-16-17-19-21-23-25-27-31(34)32-29(28-38(35,36)37)30(33)26-24-22-20-18-12-10-8-6-4-2/h24,26,29-30,33H,3-23,25,27-28H2,1-2H3,(H,32,34)(H,35,36,37)/b26-24+. The number of amides is 1. The van der Waals surface area contributed by atoms with Gasteiger partial charge in [0.15, 0.2) is 0 Å². The number of nitrogens with one attached hydrogen (secondary N) is 1. The minimum atomic E-state index is -4.32. The second-order valence-electron chi connectivity index (χ2n) is 11.1. The Morgan fingerprint density at radius 2 is 1.08 bits per heavy atom. The predicted molar refractivity (Wildman–Crippen MR) is 161 cm³/mol. The van der Waals surface area contributed by atoms with Gasteiger partial charge >= 0.3 is 0 Å². The van der Waals surface area contributed by atoms with Gasteiger partial charge in [0.25, 0.3) is 10.1 Å². The highest BCUT2D eigenvalue weighted by Crippen LogP contribution is 2.14. The second kappa shape index (κ2) is 26.3. The summed E-state index contributed by atoms with van der Waals surface area (Å²) in [7, 11) is -4.32. The Morgan fingerprint density at radius 1 is 0.684 bits per heavy atom. The summed E-state index contributed by atoms with van der Waals surface area (Å²) in [6.07, 6.45) is 29.1. The molecular weight excluding hydrogens is 498 g/mol. The maximum atomic E-state index is 12.4. The minimum Gasteiger partial charge on any atom is -0.387 e. The van der Waals surface area contributed by atoms with E-state index in [1.165, 1.54) is 103 Å².